The fourth-order valence-corrected chi connectivity index (χ4v) is 3.68. The Morgan fingerprint density at radius 1 is 1.15 bits per heavy atom. The molecule has 3 aromatic rings. The molecule has 4 N–H and O–H groups in total. The number of carboxylic acid groups (broad SMARTS) is 2. The number of rotatable bonds is 3. The SMILES string of the molecule is Nc1ncnc2c1c(-c1ccccc1)cn2[C@H]1C[C@H](C(=O)O)N(C(=O)O)C1. The molecule has 0 radical (unpaired) electrons. The number of carbonyl (C=O) groups is 2. The molecule has 1 amide bonds. The molecule has 0 spiro atoms. The molecular formula is C18H17N5O4. The van der Waals surface area contributed by atoms with Crippen LogP contribution in [0.4, 0.5) is 10.6 Å². The maximum absolute atomic E-state index is 11.5. The second-order valence-electron chi connectivity index (χ2n) is 6.45. The zero-order valence-corrected chi connectivity index (χ0v) is 14.2. The summed E-state index contributed by atoms with van der Waals surface area (Å²) in [6, 6.07) is 8.12. The summed E-state index contributed by atoms with van der Waals surface area (Å²) < 4.78 is 1.81. The summed E-state index contributed by atoms with van der Waals surface area (Å²) in [4.78, 5) is 32.3. The summed E-state index contributed by atoms with van der Waals surface area (Å²) in [5.74, 6) is -0.839. The number of nitrogens with zero attached hydrogens (tertiary/aromatic N) is 4. The predicted octanol–water partition coefficient (Wildman–Crippen LogP) is 2.06. The summed E-state index contributed by atoms with van der Waals surface area (Å²) in [6.07, 6.45) is 2.10. The number of aromatic nitrogens is 3. The molecule has 1 aliphatic rings. The van der Waals surface area contributed by atoms with Gasteiger partial charge in [0, 0.05) is 24.7 Å². The number of likely N-dealkylation sites (tertiary alicyclic amines) is 1. The molecule has 9 heteroatoms. The number of carboxylic acids is 1. The Kier molecular flexibility index (Phi) is 3.91. The average molecular weight is 367 g/mol. The van der Waals surface area contributed by atoms with Crippen molar-refractivity contribution in [1.82, 2.24) is 19.4 Å². The number of hydrogen-bond acceptors (Lipinski definition) is 5. The lowest BCUT2D eigenvalue weighted by Gasteiger charge is -2.17. The number of amides is 1. The van der Waals surface area contributed by atoms with Crippen molar-refractivity contribution in [2.24, 2.45) is 0 Å². The molecule has 2 aromatic heterocycles. The minimum absolute atomic E-state index is 0.0637. The van der Waals surface area contributed by atoms with E-state index in [4.69, 9.17) is 5.73 Å². The van der Waals surface area contributed by atoms with E-state index < -0.39 is 18.1 Å². The van der Waals surface area contributed by atoms with E-state index in [2.05, 4.69) is 9.97 Å². The largest absolute Gasteiger partial charge is 0.480 e. The Labute approximate surface area is 153 Å². The third kappa shape index (κ3) is 2.73. The van der Waals surface area contributed by atoms with Crippen LogP contribution in [-0.4, -0.2) is 54.3 Å². The highest BCUT2D eigenvalue weighted by atomic mass is 16.4. The van der Waals surface area contributed by atoms with E-state index in [1.807, 2.05) is 41.1 Å². The van der Waals surface area contributed by atoms with Crippen molar-refractivity contribution in [1.29, 1.82) is 0 Å². The number of nitrogen functional groups attached to an aromatic ring is 1. The highest BCUT2D eigenvalue weighted by Gasteiger charge is 2.41. The van der Waals surface area contributed by atoms with Gasteiger partial charge in [0.15, 0.2) is 0 Å². The first-order valence-electron chi connectivity index (χ1n) is 8.36. The fourth-order valence-electron chi connectivity index (χ4n) is 3.68. The summed E-state index contributed by atoms with van der Waals surface area (Å²) in [5, 5.41) is 19.4. The van der Waals surface area contributed by atoms with Crippen LogP contribution in [0, 0.1) is 0 Å². The molecule has 138 valence electrons. The first-order valence-corrected chi connectivity index (χ1v) is 8.36. The summed E-state index contributed by atoms with van der Waals surface area (Å²) in [6.45, 7) is 0.0637. The van der Waals surface area contributed by atoms with E-state index in [1.165, 1.54) is 6.33 Å². The number of benzene rings is 1. The van der Waals surface area contributed by atoms with Gasteiger partial charge in [-0.25, -0.2) is 19.6 Å². The fraction of sp³-hybridized carbons (Fsp3) is 0.222. The smallest absolute Gasteiger partial charge is 0.408 e. The van der Waals surface area contributed by atoms with Gasteiger partial charge in [0.2, 0.25) is 0 Å². The summed E-state index contributed by atoms with van der Waals surface area (Å²) in [5.41, 5.74) is 8.40. The third-order valence-corrected chi connectivity index (χ3v) is 4.93. The van der Waals surface area contributed by atoms with E-state index in [0.717, 1.165) is 16.0 Å². The molecule has 1 fully saturated rings. The molecule has 4 rings (SSSR count). The molecule has 0 saturated carbocycles. The van der Waals surface area contributed by atoms with E-state index in [1.54, 1.807) is 0 Å². The van der Waals surface area contributed by atoms with Gasteiger partial charge >= 0.3 is 12.1 Å². The summed E-state index contributed by atoms with van der Waals surface area (Å²) in [7, 11) is 0. The van der Waals surface area contributed by atoms with Crippen LogP contribution in [0.5, 0.6) is 0 Å². The van der Waals surface area contributed by atoms with Crippen molar-refractivity contribution in [2.45, 2.75) is 18.5 Å². The lowest BCUT2D eigenvalue weighted by Crippen LogP contribution is -2.39. The molecule has 2 atom stereocenters. The van der Waals surface area contributed by atoms with Gasteiger partial charge in [-0.15, -0.1) is 0 Å². The van der Waals surface area contributed by atoms with Crippen LogP contribution < -0.4 is 5.73 Å². The number of anilines is 1. The number of aliphatic carboxylic acids is 1. The van der Waals surface area contributed by atoms with Gasteiger partial charge in [0.25, 0.3) is 0 Å². The zero-order valence-electron chi connectivity index (χ0n) is 14.2. The Balaban J connectivity index is 1.85. The molecule has 3 heterocycles. The molecule has 1 aromatic carbocycles. The monoisotopic (exact) mass is 367 g/mol. The number of nitrogens with two attached hydrogens (primary N) is 1. The van der Waals surface area contributed by atoms with Crippen molar-refractivity contribution in [2.75, 3.05) is 12.3 Å². The number of fused-ring (bicyclic) bond motifs is 1. The topological polar surface area (TPSA) is 135 Å². The molecule has 0 aliphatic carbocycles. The minimum atomic E-state index is -1.25. The highest BCUT2D eigenvalue weighted by Crippen LogP contribution is 2.37. The van der Waals surface area contributed by atoms with Crippen molar-refractivity contribution >= 4 is 28.9 Å². The Morgan fingerprint density at radius 2 is 1.89 bits per heavy atom. The molecule has 27 heavy (non-hydrogen) atoms. The quantitative estimate of drug-likeness (QED) is 0.645. The zero-order chi connectivity index (χ0) is 19.1. The van der Waals surface area contributed by atoms with Gasteiger partial charge in [0.05, 0.1) is 11.4 Å². The Bertz CT molecular complexity index is 1010. The Morgan fingerprint density at radius 3 is 2.52 bits per heavy atom. The van der Waals surface area contributed by atoms with Gasteiger partial charge in [0.1, 0.15) is 23.8 Å². The standard InChI is InChI=1S/C18H17N5O4/c19-15-14-12(10-4-2-1-3-5-10)8-22(16(14)21-9-20-15)11-6-13(17(24)25)23(7-11)18(26)27/h1-5,8-9,11,13H,6-7H2,(H,24,25)(H,26,27)(H2,19,20,21)/t11-,13+/m0/s1. The lowest BCUT2D eigenvalue weighted by molar-refractivity contribution is -0.141. The molecule has 1 saturated heterocycles. The highest BCUT2D eigenvalue weighted by molar-refractivity contribution is 6.00. The van der Waals surface area contributed by atoms with E-state index in [0.29, 0.717) is 16.9 Å². The van der Waals surface area contributed by atoms with Crippen LogP contribution in [0.2, 0.25) is 0 Å². The molecule has 1 aliphatic heterocycles. The predicted molar refractivity (Wildman–Crippen MR) is 97.2 cm³/mol. The second kappa shape index (κ2) is 6.27. The van der Waals surface area contributed by atoms with Gasteiger partial charge in [-0.1, -0.05) is 30.3 Å². The summed E-state index contributed by atoms with van der Waals surface area (Å²) >= 11 is 0. The van der Waals surface area contributed by atoms with Gasteiger partial charge in [-0.05, 0) is 5.56 Å². The van der Waals surface area contributed by atoms with Crippen molar-refractivity contribution in [3.05, 3.63) is 42.9 Å². The van der Waals surface area contributed by atoms with Crippen LogP contribution in [-0.2, 0) is 4.79 Å². The van der Waals surface area contributed by atoms with Crippen LogP contribution >= 0.6 is 0 Å². The third-order valence-electron chi connectivity index (χ3n) is 4.93. The van der Waals surface area contributed by atoms with Crippen molar-refractivity contribution in [3.63, 3.8) is 0 Å². The van der Waals surface area contributed by atoms with Crippen LogP contribution in [0.1, 0.15) is 12.5 Å². The average Bonchev–Trinajstić information content (AvgIpc) is 3.25. The van der Waals surface area contributed by atoms with E-state index in [-0.39, 0.29) is 19.0 Å². The molecule has 0 unspecified atom stereocenters. The molecule has 0 bridgehead atoms. The van der Waals surface area contributed by atoms with Gasteiger partial charge in [-0.3, -0.25) is 4.90 Å². The van der Waals surface area contributed by atoms with E-state index >= 15 is 0 Å². The maximum Gasteiger partial charge on any atom is 0.408 e. The number of hydrogen-bond donors (Lipinski definition) is 3. The van der Waals surface area contributed by atoms with Crippen molar-refractivity contribution < 1.29 is 19.8 Å². The second-order valence-corrected chi connectivity index (χ2v) is 6.45. The van der Waals surface area contributed by atoms with Crippen LogP contribution in [0.15, 0.2) is 42.9 Å². The first kappa shape index (κ1) is 16.8. The van der Waals surface area contributed by atoms with Gasteiger partial charge in [-0.2, -0.15) is 0 Å². The molecule has 9 nitrogen and oxygen atoms in total. The first-order chi connectivity index (χ1) is 13.0. The maximum atomic E-state index is 11.5. The lowest BCUT2D eigenvalue weighted by atomic mass is 10.1. The van der Waals surface area contributed by atoms with Crippen LogP contribution in [0.3, 0.4) is 0 Å². The van der Waals surface area contributed by atoms with E-state index in [9.17, 15) is 19.8 Å². The molecular weight excluding hydrogens is 350 g/mol. The van der Waals surface area contributed by atoms with Crippen LogP contribution in [0.25, 0.3) is 22.2 Å². The minimum Gasteiger partial charge on any atom is -0.480 e. The van der Waals surface area contributed by atoms with Crippen molar-refractivity contribution in [3.8, 4) is 11.1 Å². The van der Waals surface area contributed by atoms with Gasteiger partial charge < -0.3 is 20.5 Å². The Hall–Kier alpha value is -3.62. The normalized spacial score (nSPS) is 19.5.